The molecule has 6 heteroatoms. The molecule has 94 valence electrons. The van der Waals surface area contributed by atoms with Crippen LogP contribution in [0.15, 0.2) is 24.3 Å². The monoisotopic (exact) mass is 340 g/mol. The fourth-order valence-corrected chi connectivity index (χ4v) is 2.77. The summed E-state index contributed by atoms with van der Waals surface area (Å²) in [6.07, 6.45) is 0. The van der Waals surface area contributed by atoms with E-state index in [0.29, 0.717) is 16.1 Å². The fraction of sp³-hybridized carbons (Fsp3) is 0. The molecule has 0 spiro atoms. The lowest BCUT2D eigenvalue weighted by atomic mass is 10.1. The Balaban J connectivity index is 2.80. The molecule has 0 unspecified atom stereocenters. The van der Waals surface area contributed by atoms with Crippen LogP contribution in [-0.4, -0.2) is 5.11 Å². The molecule has 1 nitrogen and oxygen atoms in total. The summed E-state index contributed by atoms with van der Waals surface area (Å²) in [5, 5.41) is 10.3. The van der Waals surface area contributed by atoms with Crippen LogP contribution in [0.5, 0.6) is 5.75 Å². The Morgan fingerprint density at radius 3 is 1.83 bits per heavy atom. The molecule has 0 bridgehead atoms. The van der Waals surface area contributed by atoms with Crippen LogP contribution in [0.1, 0.15) is 0 Å². The summed E-state index contributed by atoms with van der Waals surface area (Å²) in [6.45, 7) is 0. The van der Waals surface area contributed by atoms with Gasteiger partial charge in [-0.15, -0.1) is 0 Å². The highest BCUT2D eigenvalue weighted by Gasteiger charge is 2.20. The van der Waals surface area contributed by atoms with Crippen LogP contribution in [0, 0.1) is 0 Å². The standard InChI is InChI=1S/C12H5Cl5O/c13-6-3-1-2-5(4-6)7-8(14)10(16)12(18)11(17)9(7)15/h1-4,18H. The highest BCUT2D eigenvalue weighted by atomic mass is 35.5. The smallest absolute Gasteiger partial charge is 0.155 e. The minimum Gasteiger partial charge on any atom is -0.505 e. The molecule has 1 N–H and O–H groups in total. The molecular formula is C12H5Cl5O. The SMILES string of the molecule is Oc1c(Cl)c(Cl)c(-c2cccc(Cl)c2)c(Cl)c1Cl. The van der Waals surface area contributed by atoms with Gasteiger partial charge in [0.25, 0.3) is 0 Å². The number of halogens is 5. The first-order valence-electron chi connectivity index (χ1n) is 4.74. The molecule has 0 aliphatic rings. The highest BCUT2D eigenvalue weighted by Crippen LogP contribution is 2.49. The van der Waals surface area contributed by atoms with Crippen LogP contribution in [-0.2, 0) is 0 Å². The predicted octanol–water partition coefficient (Wildman–Crippen LogP) is 6.33. The molecule has 18 heavy (non-hydrogen) atoms. The lowest BCUT2D eigenvalue weighted by Crippen LogP contribution is -1.86. The summed E-state index contributed by atoms with van der Waals surface area (Å²) in [5.74, 6) is -0.334. The number of phenols is 1. The number of phenolic OH excluding ortho intramolecular Hbond substituents is 1. The van der Waals surface area contributed by atoms with Gasteiger partial charge in [0, 0.05) is 10.6 Å². The number of hydrogen-bond acceptors (Lipinski definition) is 1. The average molecular weight is 342 g/mol. The number of aromatic hydroxyl groups is 1. The summed E-state index contributed by atoms with van der Waals surface area (Å²) in [4.78, 5) is 0. The molecule has 0 aliphatic carbocycles. The molecule has 0 amide bonds. The summed E-state index contributed by atoms with van der Waals surface area (Å²) >= 11 is 29.9. The predicted molar refractivity (Wildman–Crippen MR) is 78.6 cm³/mol. The summed E-state index contributed by atoms with van der Waals surface area (Å²) < 4.78 is 0. The van der Waals surface area contributed by atoms with Crippen LogP contribution in [0.25, 0.3) is 11.1 Å². The van der Waals surface area contributed by atoms with E-state index in [0.717, 1.165) is 0 Å². The minimum absolute atomic E-state index is 0.0407. The molecular weight excluding hydrogens is 337 g/mol. The van der Waals surface area contributed by atoms with Crippen LogP contribution < -0.4 is 0 Å². The molecule has 2 aromatic rings. The Morgan fingerprint density at radius 1 is 0.778 bits per heavy atom. The van der Waals surface area contributed by atoms with E-state index in [1.807, 2.05) is 0 Å². The maximum Gasteiger partial charge on any atom is 0.155 e. The Kier molecular flexibility index (Phi) is 4.20. The van der Waals surface area contributed by atoms with Crippen molar-refractivity contribution in [2.45, 2.75) is 0 Å². The van der Waals surface area contributed by atoms with Gasteiger partial charge in [-0.2, -0.15) is 0 Å². The average Bonchev–Trinajstić information content (AvgIpc) is 2.34. The molecule has 2 aromatic carbocycles. The number of rotatable bonds is 1. The first kappa shape index (κ1) is 14.1. The van der Waals surface area contributed by atoms with Gasteiger partial charge in [0.05, 0.1) is 10.0 Å². The first-order valence-corrected chi connectivity index (χ1v) is 6.63. The molecule has 0 atom stereocenters. The topological polar surface area (TPSA) is 20.2 Å². The third-order valence-electron chi connectivity index (χ3n) is 2.35. The quantitative estimate of drug-likeness (QED) is 0.601. The van der Waals surface area contributed by atoms with Gasteiger partial charge < -0.3 is 5.11 Å². The lowest BCUT2D eigenvalue weighted by molar-refractivity contribution is 0.476. The van der Waals surface area contributed by atoms with Crippen LogP contribution in [0.4, 0.5) is 0 Å². The van der Waals surface area contributed by atoms with E-state index in [1.54, 1.807) is 24.3 Å². The van der Waals surface area contributed by atoms with Crippen LogP contribution in [0.2, 0.25) is 25.1 Å². The summed E-state index contributed by atoms with van der Waals surface area (Å²) in [7, 11) is 0. The van der Waals surface area contributed by atoms with Crippen molar-refractivity contribution in [2.75, 3.05) is 0 Å². The van der Waals surface area contributed by atoms with Crippen molar-refractivity contribution in [3.8, 4) is 16.9 Å². The van der Waals surface area contributed by atoms with Crippen molar-refractivity contribution < 1.29 is 5.11 Å². The molecule has 2 rings (SSSR count). The van der Waals surface area contributed by atoms with Crippen molar-refractivity contribution in [3.63, 3.8) is 0 Å². The zero-order valence-corrected chi connectivity index (χ0v) is 12.4. The van der Waals surface area contributed by atoms with Gasteiger partial charge in [-0.05, 0) is 17.7 Å². The maximum atomic E-state index is 9.64. The van der Waals surface area contributed by atoms with E-state index in [4.69, 9.17) is 58.0 Å². The van der Waals surface area contributed by atoms with Crippen LogP contribution >= 0.6 is 58.0 Å². The van der Waals surface area contributed by atoms with E-state index in [1.165, 1.54) is 0 Å². The van der Waals surface area contributed by atoms with E-state index in [9.17, 15) is 5.11 Å². The minimum atomic E-state index is -0.334. The largest absolute Gasteiger partial charge is 0.505 e. The number of benzene rings is 2. The molecule has 0 radical (unpaired) electrons. The van der Waals surface area contributed by atoms with Gasteiger partial charge in [-0.25, -0.2) is 0 Å². The lowest BCUT2D eigenvalue weighted by Gasteiger charge is -2.12. The van der Waals surface area contributed by atoms with Gasteiger partial charge >= 0.3 is 0 Å². The van der Waals surface area contributed by atoms with Crippen molar-refractivity contribution in [1.29, 1.82) is 0 Å². The Hall–Kier alpha value is -0.310. The Bertz CT molecular complexity index is 595. The number of hydrogen-bond donors (Lipinski definition) is 1. The van der Waals surface area contributed by atoms with Gasteiger partial charge in [0.1, 0.15) is 10.0 Å². The van der Waals surface area contributed by atoms with E-state index < -0.39 is 0 Å². The Morgan fingerprint density at radius 2 is 1.33 bits per heavy atom. The van der Waals surface area contributed by atoms with Gasteiger partial charge in [0.2, 0.25) is 0 Å². The van der Waals surface area contributed by atoms with Gasteiger partial charge in [-0.1, -0.05) is 70.1 Å². The van der Waals surface area contributed by atoms with E-state index in [-0.39, 0.29) is 25.8 Å². The van der Waals surface area contributed by atoms with Crippen molar-refractivity contribution in [1.82, 2.24) is 0 Å². The third-order valence-corrected chi connectivity index (χ3v) is 4.27. The van der Waals surface area contributed by atoms with Crippen molar-refractivity contribution >= 4 is 58.0 Å². The summed E-state index contributed by atoms with van der Waals surface area (Å²) in [6, 6.07) is 6.91. The normalized spacial score (nSPS) is 10.7. The highest BCUT2D eigenvalue weighted by molar-refractivity contribution is 6.51. The first-order chi connectivity index (χ1) is 8.43. The second kappa shape index (κ2) is 5.36. The van der Waals surface area contributed by atoms with Crippen LogP contribution in [0.3, 0.4) is 0 Å². The second-order valence-corrected chi connectivity index (χ2v) is 5.44. The molecule has 0 saturated carbocycles. The van der Waals surface area contributed by atoms with Crippen molar-refractivity contribution in [3.05, 3.63) is 49.4 Å². The van der Waals surface area contributed by atoms with Gasteiger partial charge in [0.15, 0.2) is 5.75 Å². The zero-order chi connectivity index (χ0) is 13.4. The second-order valence-electron chi connectivity index (χ2n) is 3.49. The maximum absolute atomic E-state index is 9.64. The molecule has 0 saturated heterocycles. The molecule has 0 aliphatic heterocycles. The molecule has 0 heterocycles. The van der Waals surface area contributed by atoms with Crippen molar-refractivity contribution in [2.24, 2.45) is 0 Å². The molecule has 0 fully saturated rings. The Labute approximate surface area is 129 Å². The molecule has 0 aromatic heterocycles. The van der Waals surface area contributed by atoms with E-state index >= 15 is 0 Å². The van der Waals surface area contributed by atoms with E-state index in [2.05, 4.69) is 0 Å². The zero-order valence-electron chi connectivity index (χ0n) is 8.65. The summed E-state index contributed by atoms with van der Waals surface area (Å²) in [5.41, 5.74) is 1.11. The van der Waals surface area contributed by atoms with Gasteiger partial charge in [-0.3, -0.25) is 0 Å². The third kappa shape index (κ3) is 2.38. The fourth-order valence-electron chi connectivity index (χ4n) is 1.52.